The van der Waals surface area contributed by atoms with Crippen molar-refractivity contribution in [3.63, 3.8) is 0 Å². The van der Waals surface area contributed by atoms with Crippen LogP contribution >= 0.6 is 0 Å². The first-order valence-corrected chi connectivity index (χ1v) is 6.21. The first-order valence-electron chi connectivity index (χ1n) is 6.21. The number of carboxylic acid groups (broad SMARTS) is 1. The maximum Gasteiger partial charge on any atom is 0.307 e. The van der Waals surface area contributed by atoms with E-state index < -0.39 is 11.9 Å². The second-order valence-electron chi connectivity index (χ2n) is 5.16. The Morgan fingerprint density at radius 3 is 2.78 bits per heavy atom. The molecule has 18 heavy (non-hydrogen) atoms. The van der Waals surface area contributed by atoms with Crippen LogP contribution in [0.3, 0.4) is 0 Å². The van der Waals surface area contributed by atoms with Gasteiger partial charge in [-0.2, -0.15) is 0 Å². The van der Waals surface area contributed by atoms with Crippen molar-refractivity contribution in [2.45, 2.75) is 19.8 Å². The minimum Gasteiger partial charge on any atom is -0.481 e. The number of carboxylic acids is 1. The normalized spacial score (nSPS) is 24.8. The lowest BCUT2D eigenvalue weighted by Crippen LogP contribution is -2.31. The van der Waals surface area contributed by atoms with Crippen LogP contribution in [-0.2, 0) is 16.0 Å². The smallest absolute Gasteiger partial charge is 0.307 e. The average molecular weight is 245 g/mol. The molecule has 0 aromatic heterocycles. The second-order valence-corrected chi connectivity index (χ2v) is 5.16. The zero-order valence-corrected chi connectivity index (χ0v) is 10.2. The highest BCUT2D eigenvalue weighted by Crippen LogP contribution is 2.42. The monoisotopic (exact) mass is 245 g/mol. The van der Waals surface area contributed by atoms with Gasteiger partial charge in [-0.15, -0.1) is 0 Å². The molecule has 1 amide bonds. The number of carbonyl (C=O) groups excluding carboxylic acids is 1. The number of aliphatic carboxylic acids is 1. The Hall–Kier alpha value is -1.84. The number of hydrogen-bond acceptors (Lipinski definition) is 2. The SMILES string of the molecule is Cc1ccc2c(c1)CCN2C(=O)C1CC1C(=O)O. The van der Waals surface area contributed by atoms with Crippen molar-refractivity contribution in [1.29, 1.82) is 0 Å². The van der Waals surface area contributed by atoms with E-state index in [1.165, 1.54) is 11.1 Å². The van der Waals surface area contributed by atoms with Gasteiger partial charge >= 0.3 is 5.97 Å². The molecule has 1 aromatic carbocycles. The summed E-state index contributed by atoms with van der Waals surface area (Å²) in [5.41, 5.74) is 3.34. The predicted octanol–water partition coefficient (Wildman–Crippen LogP) is 1.60. The van der Waals surface area contributed by atoms with Crippen LogP contribution in [0.1, 0.15) is 17.5 Å². The number of amides is 1. The lowest BCUT2D eigenvalue weighted by Gasteiger charge is -2.17. The van der Waals surface area contributed by atoms with Gasteiger partial charge in [-0.3, -0.25) is 9.59 Å². The van der Waals surface area contributed by atoms with Crippen LogP contribution in [0.4, 0.5) is 5.69 Å². The highest BCUT2D eigenvalue weighted by atomic mass is 16.4. The number of rotatable bonds is 2. The molecule has 0 bridgehead atoms. The molecule has 1 aliphatic carbocycles. The number of carbonyl (C=O) groups is 2. The first kappa shape index (κ1) is 11.3. The Labute approximate surface area is 105 Å². The van der Waals surface area contributed by atoms with Crippen LogP contribution in [0, 0.1) is 18.8 Å². The lowest BCUT2D eigenvalue weighted by atomic mass is 10.1. The molecule has 1 aliphatic heterocycles. The van der Waals surface area contributed by atoms with E-state index in [4.69, 9.17) is 5.11 Å². The maximum atomic E-state index is 12.2. The summed E-state index contributed by atoms with van der Waals surface area (Å²) in [6.45, 7) is 2.71. The Morgan fingerprint density at radius 1 is 1.33 bits per heavy atom. The third-order valence-electron chi connectivity index (χ3n) is 3.82. The molecule has 1 heterocycles. The van der Waals surface area contributed by atoms with Crippen LogP contribution in [0.5, 0.6) is 0 Å². The number of fused-ring (bicyclic) bond motifs is 1. The van der Waals surface area contributed by atoms with Crippen molar-refractivity contribution in [3.8, 4) is 0 Å². The predicted molar refractivity (Wildman–Crippen MR) is 66.5 cm³/mol. The Bertz CT molecular complexity index is 538. The molecule has 0 spiro atoms. The van der Waals surface area contributed by atoms with E-state index in [1.807, 2.05) is 19.1 Å². The van der Waals surface area contributed by atoms with E-state index in [0.717, 1.165) is 12.1 Å². The number of anilines is 1. The van der Waals surface area contributed by atoms with Crippen LogP contribution in [0.15, 0.2) is 18.2 Å². The quantitative estimate of drug-likeness (QED) is 0.861. The van der Waals surface area contributed by atoms with Gasteiger partial charge in [0.1, 0.15) is 0 Å². The molecule has 2 aliphatic rings. The van der Waals surface area contributed by atoms with Crippen molar-refractivity contribution in [1.82, 2.24) is 0 Å². The number of nitrogens with zero attached hydrogens (tertiary/aromatic N) is 1. The van der Waals surface area contributed by atoms with Gasteiger partial charge in [0.15, 0.2) is 0 Å². The molecule has 94 valence electrons. The molecule has 0 radical (unpaired) electrons. The summed E-state index contributed by atoms with van der Waals surface area (Å²) >= 11 is 0. The van der Waals surface area contributed by atoms with Gasteiger partial charge in [0.2, 0.25) is 5.91 Å². The van der Waals surface area contributed by atoms with Gasteiger partial charge in [-0.05, 0) is 31.4 Å². The number of hydrogen-bond donors (Lipinski definition) is 1. The topological polar surface area (TPSA) is 57.6 Å². The molecule has 3 rings (SSSR count). The zero-order valence-electron chi connectivity index (χ0n) is 10.2. The summed E-state index contributed by atoms with van der Waals surface area (Å²) in [7, 11) is 0. The fourth-order valence-electron chi connectivity index (χ4n) is 2.70. The minimum absolute atomic E-state index is 0.0231. The molecule has 1 aromatic rings. The molecular formula is C14H15NO3. The van der Waals surface area contributed by atoms with Crippen molar-refractivity contribution in [2.24, 2.45) is 11.8 Å². The van der Waals surface area contributed by atoms with Crippen molar-refractivity contribution >= 4 is 17.6 Å². The first-order chi connectivity index (χ1) is 8.58. The van der Waals surface area contributed by atoms with E-state index >= 15 is 0 Å². The van der Waals surface area contributed by atoms with E-state index in [1.54, 1.807) is 4.90 Å². The Balaban J connectivity index is 1.81. The van der Waals surface area contributed by atoms with Crippen LogP contribution < -0.4 is 4.90 Å². The fraction of sp³-hybridized carbons (Fsp3) is 0.429. The average Bonchev–Trinajstić information content (AvgIpc) is 3.03. The summed E-state index contributed by atoms with van der Waals surface area (Å²) in [6, 6.07) is 6.06. The zero-order chi connectivity index (χ0) is 12.9. The van der Waals surface area contributed by atoms with Crippen molar-refractivity contribution in [2.75, 3.05) is 11.4 Å². The van der Waals surface area contributed by atoms with E-state index in [9.17, 15) is 9.59 Å². The maximum absolute atomic E-state index is 12.2. The van der Waals surface area contributed by atoms with Gasteiger partial charge in [0.25, 0.3) is 0 Å². The molecule has 0 saturated heterocycles. The van der Waals surface area contributed by atoms with Crippen LogP contribution in [0.25, 0.3) is 0 Å². The van der Waals surface area contributed by atoms with E-state index in [2.05, 4.69) is 6.07 Å². The molecule has 4 heteroatoms. The molecule has 2 unspecified atom stereocenters. The number of benzene rings is 1. The van der Waals surface area contributed by atoms with E-state index in [0.29, 0.717) is 13.0 Å². The minimum atomic E-state index is -0.850. The summed E-state index contributed by atoms with van der Waals surface area (Å²) in [4.78, 5) is 24.8. The summed E-state index contributed by atoms with van der Waals surface area (Å²) in [5, 5.41) is 8.88. The fourth-order valence-corrected chi connectivity index (χ4v) is 2.70. The highest BCUT2D eigenvalue weighted by molar-refractivity contribution is 6.01. The summed E-state index contributed by atoms with van der Waals surface area (Å²) in [6.07, 6.45) is 1.36. The van der Waals surface area contributed by atoms with Crippen LogP contribution in [0.2, 0.25) is 0 Å². The van der Waals surface area contributed by atoms with Crippen molar-refractivity contribution < 1.29 is 14.7 Å². The van der Waals surface area contributed by atoms with Crippen molar-refractivity contribution in [3.05, 3.63) is 29.3 Å². The van der Waals surface area contributed by atoms with Crippen LogP contribution in [-0.4, -0.2) is 23.5 Å². The molecule has 1 fully saturated rings. The van der Waals surface area contributed by atoms with Gasteiger partial charge in [-0.1, -0.05) is 17.7 Å². The van der Waals surface area contributed by atoms with Gasteiger partial charge < -0.3 is 10.0 Å². The Kier molecular flexibility index (Phi) is 2.40. The Morgan fingerprint density at radius 2 is 2.11 bits per heavy atom. The number of aryl methyl sites for hydroxylation is 1. The third-order valence-corrected chi connectivity index (χ3v) is 3.82. The van der Waals surface area contributed by atoms with Gasteiger partial charge in [0.05, 0.1) is 11.8 Å². The molecule has 1 saturated carbocycles. The van der Waals surface area contributed by atoms with Gasteiger partial charge in [-0.25, -0.2) is 0 Å². The molecule has 2 atom stereocenters. The summed E-state index contributed by atoms with van der Waals surface area (Å²) < 4.78 is 0. The highest BCUT2D eigenvalue weighted by Gasteiger charge is 2.50. The second kappa shape index (κ2) is 3.83. The standard InChI is InChI=1S/C14H15NO3/c1-8-2-3-12-9(6-8)4-5-15(12)13(16)10-7-11(10)14(17)18/h2-3,6,10-11H,4-5,7H2,1H3,(H,17,18). The third kappa shape index (κ3) is 1.68. The molecular weight excluding hydrogens is 230 g/mol. The molecule has 4 nitrogen and oxygen atoms in total. The lowest BCUT2D eigenvalue weighted by molar-refractivity contribution is -0.140. The van der Waals surface area contributed by atoms with Gasteiger partial charge in [0, 0.05) is 12.2 Å². The molecule has 1 N–H and O–H groups in total. The summed E-state index contributed by atoms with van der Waals surface area (Å²) in [5.74, 6) is -1.65. The van der Waals surface area contributed by atoms with E-state index in [-0.39, 0.29) is 11.8 Å². The largest absolute Gasteiger partial charge is 0.481 e.